The van der Waals surface area contributed by atoms with Crippen LogP contribution < -0.4 is 5.73 Å². The van der Waals surface area contributed by atoms with E-state index in [1.54, 1.807) is 17.1 Å². The lowest BCUT2D eigenvalue weighted by Gasteiger charge is -2.03. The fraction of sp³-hybridized carbons (Fsp3) is 0. The van der Waals surface area contributed by atoms with Crippen molar-refractivity contribution in [2.45, 2.75) is 0 Å². The monoisotopic (exact) mass is 277 g/mol. The average molecular weight is 277 g/mol. The number of anilines is 1. The van der Waals surface area contributed by atoms with Crippen LogP contribution in [0.2, 0.25) is 0 Å². The zero-order valence-electron chi connectivity index (χ0n) is 10.9. The highest BCUT2D eigenvalue weighted by Gasteiger charge is 2.14. The van der Waals surface area contributed by atoms with Gasteiger partial charge in [-0.05, 0) is 12.1 Å². The zero-order chi connectivity index (χ0) is 14.2. The van der Waals surface area contributed by atoms with E-state index in [4.69, 9.17) is 5.73 Å². The predicted octanol–water partition coefficient (Wildman–Crippen LogP) is 1.79. The molecule has 1 aromatic carbocycles. The molecule has 21 heavy (non-hydrogen) atoms. The number of rotatable bonds is 2. The minimum Gasteiger partial charge on any atom is -0.383 e. The Bertz CT molecular complexity index is 874. The Morgan fingerprint density at radius 1 is 1.10 bits per heavy atom. The molecule has 0 spiro atoms. The van der Waals surface area contributed by atoms with Crippen LogP contribution in [0.4, 0.5) is 5.82 Å². The van der Waals surface area contributed by atoms with Crippen LogP contribution in [0.3, 0.4) is 0 Å². The van der Waals surface area contributed by atoms with Gasteiger partial charge in [0.25, 0.3) is 0 Å². The van der Waals surface area contributed by atoms with Crippen LogP contribution >= 0.6 is 0 Å². The number of nitrogens with two attached hydrogens (primary N) is 1. The van der Waals surface area contributed by atoms with E-state index >= 15 is 0 Å². The summed E-state index contributed by atoms with van der Waals surface area (Å²) in [4.78, 5) is 15.6. The summed E-state index contributed by atoms with van der Waals surface area (Å²) in [6, 6.07) is 9.70. The lowest BCUT2D eigenvalue weighted by Crippen LogP contribution is -2.02. The van der Waals surface area contributed by atoms with Crippen molar-refractivity contribution in [3.8, 4) is 17.1 Å². The number of hydrogen-bond donors (Lipinski definition) is 2. The number of benzene rings is 1. The molecule has 102 valence electrons. The van der Waals surface area contributed by atoms with Crippen molar-refractivity contribution in [2.75, 3.05) is 5.73 Å². The molecule has 0 atom stereocenters. The first-order valence-corrected chi connectivity index (χ1v) is 6.38. The maximum atomic E-state index is 6.19. The second-order valence-corrected chi connectivity index (χ2v) is 4.54. The van der Waals surface area contributed by atoms with Gasteiger partial charge in [0.2, 0.25) is 0 Å². The Labute approximate surface area is 119 Å². The first-order chi connectivity index (χ1) is 10.3. The fourth-order valence-corrected chi connectivity index (χ4v) is 2.20. The average Bonchev–Trinajstić information content (AvgIpc) is 3.11. The third-order valence-electron chi connectivity index (χ3n) is 3.22. The number of fused-ring (bicyclic) bond motifs is 1. The van der Waals surface area contributed by atoms with Gasteiger partial charge in [-0.25, -0.2) is 19.6 Å². The van der Waals surface area contributed by atoms with Crippen LogP contribution in [0, 0.1) is 0 Å². The molecular weight excluding hydrogens is 266 g/mol. The third-order valence-corrected chi connectivity index (χ3v) is 3.22. The van der Waals surface area contributed by atoms with E-state index in [2.05, 4.69) is 25.0 Å². The van der Waals surface area contributed by atoms with Crippen LogP contribution in [0.15, 0.2) is 49.1 Å². The van der Waals surface area contributed by atoms with Crippen LogP contribution in [0.25, 0.3) is 28.2 Å². The molecule has 0 saturated carbocycles. The van der Waals surface area contributed by atoms with Crippen molar-refractivity contribution in [2.24, 2.45) is 0 Å². The van der Waals surface area contributed by atoms with Gasteiger partial charge in [0.1, 0.15) is 23.5 Å². The van der Waals surface area contributed by atoms with Gasteiger partial charge in [-0.2, -0.15) is 5.10 Å². The molecule has 0 aliphatic rings. The summed E-state index contributed by atoms with van der Waals surface area (Å²) in [5.41, 5.74) is 9.19. The quantitative estimate of drug-likeness (QED) is 0.582. The lowest BCUT2D eigenvalue weighted by atomic mass is 10.3. The number of nitrogens with zero attached hydrogens (tertiary/aromatic N) is 5. The minimum absolute atomic E-state index is 0.521. The normalized spacial score (nSPS) is 11.0. The molecule has 7 heteroatoms. The van der Waals surface area contributed by atoms with Crippen molar-refractivity contribution in [3.63, 3.8) is 0 Å². The van der Waals surface area contributed by atoms with Crippen molar-refractivity contribution < 1.29 is 0 Å². The molecule has 0 bridgehead atoms. The Balaban J connectivity index is 1.85. The van der Waals surface area contributed by atoms with E-state index in [1.807, 2.05) is 30.3 Å². The third kappa shape index (κ3) is 1.83. The number of hydrogen-bond acceptors (Lipinski definition) is 5. The van der Waals surface area contributed by atoms with Gasteiger partial charge in [-0.15, -0.1) is 0 Å². The number of imidazole rings is 1. The molecule has 4 rings (SSSR count). The number of aromatic nitrogens is 6. The van der Waals surface area contributed by atoms with E-state index in [0.29, 0.717) is 17.3 Å². The Kier molecular flexibility index (Phi) is 2.43. The van der Waals surface area contributed by atoms with Gasteiger partial charge >= 0.3 is 0 Å². The summed E-state index contributed by atoms with van der Waals surface area (Å²) in [6.45, 7) is 0. The van der Waals surface area contributed by atoms with Gasteiger partial charge in [0.15, 0.2) is 5.65 Å². The highest BCUT2D eigenvalue weighted by molar-refractivity contribution is 5.78. The van der Waals surface area contributed by atoms with Gasteiger partial charge in [0.05, 0.1) is 23.6 Å². The number of aromatic amines is 1. The molecule has 0 aliphatic heterocycles. The first-order valence-electron chi connectivity index (χ1n) is 6.38. The number of nitrogens with one attached hydrogen (secondary N) is 1. The molecule has 0 unspecified atom stereocenters. The molecule has 0 aliphatic carbocycles. The first kappa shape index (κ1) is 11.6. The summed E-state index contributed by atoms with van der Waals surface area (Å²) in [7, 11) is 0. The second-order valence-electron chi connectivity index (χ2n) is 4.54. The lowest BCUT2D eigenvalue weighted by molar-refractivity contribution is 0.891. The van der Waals surface area contributed by atoms with Crippen LogP contribution in [-0.2, 0) is 0 Å². The summed E-state index contributed by atoms with van der Waals surface area (Å²) >= 11 is 0. The Morgan fingerprint density at radius 3 is 2.76 bits per heavy atom. The highest BCUT2D eigenvalue weighted by atomic mass is 15.3. The summed E-state index contributed by atoms with van der Waals surface area (Å²) in [5, 5.41) is 4.33. The maximum Gasteiger partial charge on any atom is 0.181 e. The summed E-state index contributed by atoms with van der Waals surface area (Å²) in [5.74, 6) is 1.15. The molecule has 0 fully saturated rings. The Morgan fingerprint density at radius 2 is 1.95 bits per heavy atom. The predicted molar refractivity (Wildman–Crippen MR) is 78.7 cm³/mol. The van der Waals surface area contributed by atoms with Gasteiger partial charge in [-0.3, -0.25) is 0 Å². The second kappa shape index (κ2) is 4.41. The molecule has 7 nitrogen and oxygen atoms in total. The number of nitrogen functional groups attached to an aromatic ring is 1. The molecule has 0 saturated heterocycles. The molecular formula is C14H11N7. The topological polar surface area (TPSA) is 98.3 Å². The maximum absolute atomic E-state index is 6.19. The van der Waals surface area contributed by atoms with Crippen LogP contribution in [-0.4, -0.2) is 29.7 Å². The molecule has 0 radical (unpaired) electrons. The molecule has 3 heterocycles. The summed E-state index contributed by atoms with van der Waals surface area (Å²) < 4.78 is 1.67. The van der Waals surface area contributed by atoms with Crippen molar-refractivity contribution >= 4 is 17.0 Å². The molecule has 0 amide bonds. The minimum atomic E-state index is 0.521. The van der Waals surface area contributed by atoms with Gasteiger partial charge in [-0.1, -0.05) is 18.2 Å². The van der Waals surface area contributed by atoms with Gasteiger partial charge < -0.3 is 10.7 Å². The zero-order valence-corrected chi connectivity index (χ0v) is 10.9. The van der Waals surface area contributed by atoms with E-state index in [0.717, 1.165) is 16.8 Å². The number of H-pyrrole nitrogens is 1. The van der Waals surface area contributed by atoms with Crippen molar-refractivity contribution in [3.05, 3.63) is 49.1 Å². The van der Waals surface area contributed by atoms with E-state index in [9.17, 15) is 0 Å². The van der Waals surface area contributed by atoms with E-state index < -0.39 is 0 Å². The standard InChI is InChI=1S/C14H11N7/c15-12-10(6-18-21(12)9-4-2-1-3-5-9)13-19-11-7-16-8-17-14(11)20-13/h1-8H,15H2,(H,16,17,19,20). The molecule has 4 aromatic rings. The van der Waals surface area contributed by atoms with Gasteiger partial charge in [0, 0.05) is 0 Å². The van der Waals surface area contributed by atoms with Crippen LogP contribution in [0.5, 0.6) is 0 Å². The van der Waals surface area contributed by atoms with E-state index in [1.165, 1.54) is 6.33 Å². The van der Waals surface area contributed by atoms with E-state index in [-0.39, 0.29) is 0 Å². The molecule has 3 N–H and O–H groups in total. The number of para-hydroxylation sites is 1. The largest absolute Gasteiger partial charge is 0.383 e. The Hall–Kier alpha value is -3.22. The smallest absolute Gasteiger partial charge is 0.181 e. The SMILES string of the molecule is Nc1c(-c2nc3ncncc3[nH]2)cnn1-c1ccccc1. The van der Waals surface area contributed by atoms with Crippen molar-refractivity contribution in [1.82, 2.24) is 29.7 Å². The molecule has 3 aromatic heterocycles. The summed E-state index contributed by atoms with van der Waals surface area (Å²) in [6.07, 6.45) is 4.83. The van der Waals surface area contributed by atoms with Crippen LogP contribution in [0.1, 0.15) is 0 Å². The highest BCUT2D eigenvalue weighted by Crippen LogP contribution is 2.26. The van der Waals surface area contributed by atoms with Crippen molar-refractivity contribution in [1.29, 1.82) is 0 Å². The fourth-order valence-electron chi connectivity index (χ4n) is 2.20.